The van der Waals surface area contributed by atoms with Gasteiger partial charge in [0.2, 0.25) is 0 Å². The van der Waals surface area contributed by atoms with Crippen LogP contribution in [0.2, 0.25) is 0 Å². The zero-order valence-electron chi connectivity index (χ0n) is 14.8. The third-order valence-corrected chi connectivity index (χ3v) is 5.75. The first-order valence-corrected chi connectivity index (χ1v) is 9.25. The van der Waals surface area contributed by atoms with Crippen molar-refractivity contribution in [2.75, 3.05) is 17.2 Å². The summed E-state index contributed by atoms with van der Waals surface area (Å²) in [6, 6.07) is 10.3. The zero-order chi connectivity index (χ0) is 18.4. The minimum absolute atomic E-state index is 0.00295. The summed E-state index contributed by atoms with van der Waals surface area (Å²) in [5.74, 6) is 0.463. The fraction of sp³-hybridized carbons (Fsp3) is 0.350. The lowest BCUT2D eigenvalue weighted by Gasteiger charge is -2.32. The Bertz CT molecular complexity index is 909. The van der Waals surface area contributed by atoms with E-state index < -0.39 is 12.3 Å². The Morgan fingerprint density at radius 2 is 2.00 bits per heavy atom. The lowest BCUT2D eigenvalue weighted by atomic mass is 9.97. The number of anilines is 2. The molecule has 138 valence electrons. The molecule has 1 aliphatic carbocycles. The van der Waals surface area contributed by atoms with Gasteiger partial charge in [-0.3, -0.25) is 10.1 Å². The standard InChI is InChI=1S/C20H20N4O3/c25-17-13-6-5-7-14(22-19(26)23-15-8-1-4-11-21-15)16(13)18-24(17)20(12-27-18)9-2-3-10-20/h1,4-8,11,18H,2-3,9-10,12H2,(H2,21,22,23,26). The molecular weight excluding hydrogens is 344 g/mol. The first-order chi connectivity index (χ1) is 13.2. The number of fused-ring (bicyclic) bond motifs is 4. The molecule has 2 aliphatic heterocycles. The van der Waals surface area contributed by atoms with Gasteiger partial charge in [0, 0.05) is 17.3 Å². The number of nitrogens with one attached hydrogen (secondary N) is 2. The van der Waals surface area contributed by atoms with E-state index in [1.807, 2.05) is 11.0 Å². The molecule has 5 rings (SSSR count). The lowest BCUT2D eigenvalue weighted by molar-refractivity contribution is 0.0297. The van der Waals surface area contributed by atoms with Gasteiger partial charge in [-0.05, 0) is 37.1 Å². The van der Waals surface area contributed by atoms with Crippen molar-refractivity contribution in [3.63, 3.8) is 0 Å². The predicted octanol–water partition coefficient (Wildman–Crippen LogP) is 3.52. The highest BCUT2D eigenvalue weighted by Crippen LogP contribution is 2.52. The number of hydrogen-bond acceptors (Lipinski definition) is 4. The molecule has 2 fully saturated rings. The monoisotopic (exact) mass is 364 g/mol. The van der Waals surface area contributed by atoms with E-state index in [4.69, 9.17) is 4.74 Å². The summed E-state index contributed by atoms with van der Waals surface area (Å²) in [4.78, 5) is 31.5. The molecule has 1 unspecified atom stereocenters. The van der Waals surface area contributed by atoms with Crippen molar-refractivity contribution in [2.24, 2.45) is 0 Å². The summed E-state index contributed by atoms with van der Waals surface area (Å²) in [7, 11) is 0. The number of hydrogen-bond donors (Lipinski definition) is 2. The van der Waals surface area contributed by atoms with Gasteiger partial charge in [0.25, 0.3) is 5.91 Å². The molecule has 27 heavy (non-hydrogen) atoms. The van der Waals surface area contributed by atoms with Crippen LogP contribution in [0.25, 0.3) is 0 Å². The molecular formula is C20H20N4O3. The number of ether oxygens (including phenoxy) is 1. The molecule has 1 saturated carbocycles. The normalized spacial score (nSPS) is 22.0. The van der Waals surface area contributed by atoms with Crippen LogP contribution in [0.4, 0.5) is 16.3 Å². The van der Waals surface area contributed by atoms with Gasteiger partial charge in [-0.25, -0.2) is 9.78 Å². The third-order valence-electron chi connectivity index (χ3n) is 5.75. The highest BCUT2D eigenvalue weighted by Gasteiger charge is 2.56. The molecule has 1 spiro atoms. The van der Waals surface area contributed by atoms with Gasteiger partial charge in [0.15, 0.2) is 6.23 Å². The van der Waals surface area contributed by atoms with E-state index in [0.29, 0.717) is 23.7 Å². The molecule has 2 aromatic rings. The Morgan fingerprint density at radius 1 is 1.15 bits per heavy atom. The molecule has 1 saturated heterocycles. The van der Waals surface area contributed by atoms with E-state index in [0.717, 1.165) is 31.2 Å². The van der Waals surface area contributed by atoms with Gasteiger partial charge in [-0.15, -0.1) is 0 Å². The number of pyridine rings is 1. The second-order valence-electron chi connectivity index (χ2n) is 7.33. The first-order valence-electron chi connectivity index (χ1n) is 9.25. The predicted molar refractivity (Wildman–Crippen MR) is 99.4 cm³/mol. The van der Waals surface area contributed by atoms with E-state index in [2.05, 4.69) is 15.6 Å². The summed E-state index contributed by atoms with van der Waals surface area (Å²) < 4.78 is 6.07. The van der Waals surface area contributed by atoms with E-state index in [9.17, 15) is 9.59 Å². The van der Waals surface area contributed by atoms with Crippen molar-refractivity contribution < 1.29 is 14.3 Å². The van der Waals surface area contributed by atoms with Gasteiger partial charge < -0.3 is 15.0 Å². The fourth-order valence-corrected chi connectivity index (χ4v) is 4.54. The van der Waals surface area contributed by atoms with Gasteiger partial charge in [0.05, 0.1) is 17.8 Å². The van der Waals surface area contributed by atoms with Gasteiger partial charge >= 0.3 is 6.03 Å². The minimum atomic E-state index is -0.419. The van der Waals surface area contributed by atoms with Crippen LogP contribution in [0.1, 0.15) is 47.8 Å². The van der Waals surface area contributed by atoms with Gasteiger partial charge in [-0.2, -0.15) is 0 Å². The quantitative estimate of drug-likeness (QED) is 0.854. The van der Waals surface area contributed by atoms with Crippen molar-refractivity contribution in [3.8, 4) is 0 Å². The molecule has 0 bridgehead atoms. The van der Waals surface area contributed by atoms with Crippen LogP contribution < -0.4 is 10.6 Å². The molecule has 0 radical (unpaired) electrons. The van der Waals surface area contributed by atoms with Crippen LogP contribution >= 0.6 is 0 Å². The molecule has 1 aromatic heterocycles. The summed E-state index contributed by atoms with van der Waals surface area (Å²) in [5.41, 5.74) is 1.77. The number of carbonyl (C=O) groups is 2. The summed E-state index contributed by atoms with van der Waals surface area (Å²) >= 11 is 0. The zero-order valence-corrected chi connectivity index (χ0v) is 14.8. The van der Waals surface area contributed by atoms with Crippen molar-refractivity contribution >= 4 is 23.4 Å². The number of amides is 3. The summed E-state index contributed by atoms with van der Waals surface area (Å²) in [6.45, 7) is 0.567. The lowest BCUT2D eigenvalue weighted by Crippen LogP contribution is -2.45. The number of carbonyl (C=O) groups excluding carboxylic acids is 2. The average Bonchev–Trinajstić information content (AvgIpc) is 3.36. The Morgan fingerprint density at radius 3 is 2.78 bits per heavy atom. The van der Waals surface area contributed by atoms with Crippen LogP contribution in [-0.2, 0) is 4.74 Å². The second kappa shape index (κ2) is 6.06. The van der Waals surface area contributed by atoms with E-state index in [1.54, 1.807) is 36.5 Å². The fourth-order valence-electron chi connectivity index (χ4n) is 4.54. The highest BCUT2D eigenvalue weighted by atomic mass is 16.5. The summed E-state index contributed by atoms with van der Waals surface area (Å²) in [5, 5.41) is 5.55. The van der Waals surface area contributed by atoms with Crippen LogP contribution in [-0.4, -0.2) is 34.0 Å². The Labute approximate surface area is 156 Å². The van der Waals surface area contributed by atoms with E-state index in [1.165, 1.54) is 0 Å². The van der Waals surface area contributed by atoms with Crippen LogP contribution in [0.3, 0.4) is 0 Å². The molecule has 1 atom stereocenters. The van der Waals surface area contributed by atoms with Crippen LogP contribution in [0.5, 0.6) is 0 Å². The Hall–Kier alpha value is -2.93. The molecule has 3 heterocycles. The maximum absolute atomic E-state index is 13.1. The molecule has 1 aromatic carbocycles. The van der Waals surface area contributed by atoms with Crippen molar-refractivity contribution in [1.29, 1.82) is 0 Å². The second-order valence-corrected chi connectivity index (χ2v) is 7.33. The number of nitrogens with zero attached hydrogens (tertiary/aromatic N) is 2. The SMILES string of the molecule is O=C(Nc1ccccn1)Nc1cccc2c1C1OCC3(CCCC3)N1C2=O. The topological polar surface area (TPSA) is 83.6 Å². The Kier molecular flexibility index (Phi) is 3.65. The molecule has 7 nitrogen and oxygen atoms in total. The number of aromatic nitrogens is 1. The smallest absolute Gasteiger partial charge is 0.324 e. The maximum Gasteiger partial charge on any atom is 0.324 e. The largest absolute Gasteiger partial charge is 0.351 e. The van der Waals surface area contributed by atoms with Gasteiger partial charge in [0.1, 0.15) is 5.82 Å². The molecule has 7 heteroatoms. The minimum Gasteiger partial charge on any atom is -0.351 e. The van der Waals surface area contributed by atoms with Crippen molar-refractivity contribution in [2.45, 2.75) is 37.5 Å². The average molecular weight is 364 g/mol. The number of benzene rings is 1. The molecule has 3 aliphatic rings. The van der Waals surface area contributed by atoms with Gasteiger partial charge in [-0.1, -0.05) is 25.0 Å². The van der Waals surface area contributed by atoms with E-state index in [-0.39, 0.29) is 11.4 Å². The molecule has 3 amide bonds. The Balaban J connectivity index is 1.43. The van der Waals surface area contributed by atoms with Crippen LogP contribution in [0.15, 0.2) is 42.6 Å². The first kappa shape index (κ1) is 16.3. The number of urea groups is 1. The van der Waals surface area contributed by atoms with E-state index >= 15 is 0 Å². The summed E-state index contributed by atoms with van der Waals surface area (Å²) in [6.07, 6.45) is 5.39. The van der Waals surface area contributed by atoms with Crippen molar-refractivity contribution in [3.05, 3.63) is 53.7 Å². The third kappa shape index (κ3) is 2.49. The van der Waals surface area contributed by atoms with Crippen molar-refractivity contribution in [1.82, 2.24) is 9.88 Å². The molecule has 2 N–H and O–H groups in total. The van der Waals surface area contributed by atoms with Crippen LogP contribution in [0, 0.1) is 0 Å². The number of rotatable bonds is 2. The highest BCUT2D eigenvalue weighted by molar-refractivity contribution is 6.05. The maximum atomic E-state index is 13.1.